The summed E-state index contributed by atoms with van der Waals surface area (Å²) in [5.41, 5.74) is 1.07. The number of guanidine groups is 1. The highest BCUT2D eigenvalue weighted by Gasteiger charge is 2.03. The van der Waals surface area contributed by atoms with Gasteiger partial charge in [0.05, 0.1) is 7.11 Å². The summed E-state index contributed by atoms with van der Waals surface area (Å²) in [6.45, 7) is 1.39. The van der Waals surface area contributed by atoms with Crippen molar-refractivity contribution in [1.29, 1.82) is 0 Å². The van der Waals surface area contributed by atoms with E-state index in [9.17, 15) is 4.39 Å². The molecule has 0 atom stereocenters. The Morgan fingerprint density at radius 3 is 2.52 bits per heavy atom. The third-order valence-corrected chi connectivity index (χ3v) is 4.35. The van der Waals surface area contributed by atoms with E-state index in [-0.39, 0.29) is 29.8 Å². The van der Waals surface area contributed by atoms with Crippen LogP contribution in [-0.4, -0.2) is 32.4 Å². The Balaban J connectivity index is 0.00000312. The second kappa shape index (κ2) is 12.0. The summed E-state index contributed by atoms with van der Waals surface area (Å²) >= 11 is 1.67. The van der Waals surface area contributed by atoms with E-state index in [0.717, 1.165) is 34.5 Å². The first-order chi connectivity index (χ1) is 11.7. The Labute approximate surface area is 169 Å². The molecule has 2 aromatic rings. The van der Waals surface area contributed by atoms with E-state index < -0.39 is 0 Å². The highest BCUT2D eigenvalue weighted by molar-refractivity contribution is 14.0. The maximum absolute atomic E-state index is 12.9. The summed E-state index contributed by atoms with van der Waals surface area (Å²) in [6, 6.07) is 14.4. The molecule has 0 aromatic heterocycles. The molecule has 2 N–H and O–H groups in total. The highest BCUT2D eigenvalue weighted by Crippen LogP contribution is 2.17. The van der Waals surface area contributed by atoms with Crippen LogP contribution in [-0.2, 0) is 6.54 Å². The van der Waals surface area contributed by atoms with E-state index in [1.807, 2.05) is 24.3 Å². The first kappa shape index (κ1) is 21.6. The molecule has 7 heteroatoms. The molecule has 0 fully saturated rings. The van der Waals surface area contributed by atoms with Crippen LogP contribution in [0.3, 0.4) is 0 Å². The SMILES string of the molecule is CN=C(NCCSc1ccc(F)cc1)NCc1ccccc1OC.I. The Bertz CT molecular complexity index is 668. The quantitative estimate of drug-likeness (QED) is 0.210. The van der Waals surface area contributed by atoms with Crippen LogP contribution in [0.15, 0.2) is 58.4 Å². The molecule has 0 saturated heterocycles. The van der Waals surface area contributed by atoms with Crippen LogP contribution in [0, 0.1) is 5.82 Å². The van der Waals surface area contributed by atoms with Crippen molar-refractivity contribution in [2.24, 2.45) is 4.99 Å². The van der Waals surface area contributed by atoms with Crippen molar-refractivity contribution < 1.29 is 9.13 Å². The molecule has 2 aromatic carbocycles. The van der Waals surface area contributed by atoms with Crippen LogP contribution >= 0.6 is 35.7 Å². The Hall–Kier alpha value is -1.48. The first-order valence-electron chi connectivity index (χ1n) is 7.67. The maximum Gasteiger partial charge on any atom is 0.191 e. The fraction of sp³-hybridized carbons (Fsp3) is 0.278. The van der Waals surface area contributed by atoms with E-state index in [0.29, 0.717) is 6.54 Å². The molecular formula is C18H23FIN3OS. The normalized spacial score (nSPS) is 10.8. The molecule has 0 aliphatic carbocycles. The fourth-order valence-corrected chi connectivity index (χ4v) is 2.89. The van der Waals surface area contributed by atoms with E-state index in [1.54, 1.807) is 38.1 Å². The van der Waals surface area contributed by atoms with Crippen molar-refractivity contribution in [2.45, 2.75) is 11.4 Å². The smallest absolute Gasteiger partial charge is 0.191 e. The lowest BCUT2D eigenvalue weighted by Gasteiger charge is -2.13. The number of rotatable bonds is 7. The number of aliphatic imine (C=N–C) groups is 1. The van der Waals surface area contributed by atoms with Gasteiger partial charge in [-0.15, -0.1) is 35.7 Å². The maximum atomic E-state index is 12.9. The number of nitrogens with zero attached hydrogens (tertiary/aromatic N) is 1. The van der Waals surface area contributed by atoms with Gasteiger partial charge in [0.2, 0.25) is 0 Å². The summed E-state index contributed by atoms with van der Waals surface area (Å²) in [7, 11) is 3.41. The van der Waals surface area contributed by atoms with Crippen LogP contribution < -0.4 is 15.4 Å². The summed E-state index contributed by atoms with van der Waals surface area (Å²) in [5, 5.41) is 6.53. The van der Waals surface area contributed by atoms with Crippen molar-refractivity contribution in [2.75, 3.05) is 26.5 Å². The number of methoxy groups -OCH3 is 1. The van der Waals surface area contributed by atoms with Gasteiger partial charge in [-0.1, -0.05) is 18.2 Å². The fourth-order valence-electron chi connectivity index (χ4n) is 2.12. The number of para-hydroxylation sites is 1. The predicted octanol–water partition coefficient (Wildman–Crippen LogP) is 3.91. The average Bonchev–Trinajstić information content (AvgIpc) is 2.63. The largest absolute Gasteiger partial charge is 0.496 e. The van der Waals surface area contributed by atoms with Gasteiger partial charge in [0.1, 0.15) is 11.6 Å². The van der Waals surface area contributed by atoms with Crippen LogP contribution in [0.25, 0.3) is 0 Å². The summed E-state index contributed by atoms with van der Waals surface area (Å²) in [5.74, 6) is 2.24. The van der Waals surface area contributed by atoms with E-state index in [4.69, 9.17) is 4.74 Å². The number of ether oxygens (including phenoxy) is 1. The molecular weight excluding hydrogens is 452 g/mol. The summed E-state index contributed by atoms with van der Waals surface area (Å²) in [4.78, 5) is 5.26. The lowest BCUT2D eigenvalue weighted by Crippen LogP contribution is -2.38. The molecule has 25 heavy (non-hydrogen) atoms. The molecule has 0 unspecified atom stereocenters. The second-order valence-electron chi connectivity index (χ2n) is 4.97. The van der Waals surface area contributed by atoms with Crippen molar-refractivity contribution in [1.82, 2.24) is 10.6 Å². The molecule has 0 bridgehead atoms. The van der Waals surface area contributed by atoms with E-state index >= 15 is 0 Å². The van der Waals surface area contributed by atoms with Gasteiger partial charge >= 0.3 is 0 Å². The minimum Gasteiger partial charge on any atom is -0.496 e. The standard InChI is InChI=1S/C18H22FN3OS.HI/c1-20-18(22-13-14-5-3-4-6-17(14)23-2)21-11-12-24-16-9-7-15(19)8-10-16;/h3-10H,11-13H2,1-2H3,(H2,20,21,22);1H. The lowest BCUT2D eigenvalue weighted by atomic mass is 10.2. The Morgan fingerprint density at radius 2 is 1.84 bits per heavy atom. The number of benzene rings is 2. The van der Waals surface area contributed by atoms with Crippen molar-refractivity contribution >= 4 is 41.7 Å². The predicted molar refractivity (Wildman–Crippen MR) is 114 cm³/mol. The zero-order valence-corrected chi connectivity index (χ0v) is 17.4. The number of thioether (sulfide) groups is 1. The van der Waals surface area contributed by atoms with Crippen molar-refractivity contribution in [3.05, 3.63) is 59.9 Å². The molecule has 0 aliphatic rings. The first-order valence-corrected chi connectivity index (χ1v) is 8.66. The van der Waals surface area contributed by atoms with E-state index in [1.165, 1.54) is 12.1 Å². The van der Waals surface area contributed by atoms with Gasteiger partial charge < -0.3 is 15.4 Å². The highest BCUT2D eigenvalue weighted by atomic mass is 127. The van der Waals surface area contributed by atoms with Gasteiger partial charge in [-0.3, -0.25) is 4.99 Å². The zero-order chi connectivity index (χ0) is 17.2. The van der Waals surface area contributed by atoms with Gasteiger partial charge in [0.25, 0.3) is 0 Å². The second-order valence-corrected chi connectivity index (χ2v) is 6.14. The minimum absolute atomic E-state index is 0. The molecule has 0 saturated carbocycles. The molecule has 0 spiro atoms. The van der Waals surface area contributed by atoms with Crippen LogP contribution in [0.2, 0.25) is 0 Å². The monoisotopic (exact) mass is 475 g/mol. The van der Waals surface area contributed by atoms with Gasteiger partial charge in [-0.05, 0) is 30.3 Å². The molecule has 0 amide bonds. The van der Waals surface area contributed by atoms with Gasteiger partial charge in [0.15, 0.2) is 5.96 Å². The third-order valence-electron chi connectivity index (χ3n) is 3.34. The molecule has 4 nitrogen and oxygen atoms in total. The van der Waals surface area contributed by atoms with Crippen molar-refractivity contribution in [3.8, 4) is 5.75 Å². The van der Waals surface area contributed by atoms with E-state index in [2.05, 4.69) is 15.6 Å². The number of hydrogen-bond acceptors (Lipinski definition) is 3. The molecule has 136 valence electrons. The Morgan fingerprint density at radius 1 is 1.12 bits per heavy atom. The minimum atomic E-state index is -0.210. The molecule has 0 radical (unpaired) electrons. The van der Waals surface area contributed by atoms with Crippen LogP contribution in [0.5, 0.6) is 5.75 Å². The van der Waals surface area contributed by atoms with Crippen LogP contribution in [0.4, 0.5) is 4.39 Å². The molecule has 0 heterocycles. The number of halogens is 2. The topological polar surface area (TPSA) is 45.7 Å². The van der Waals surface area contributed by atoms with Gasteiger partial charge in [-0.25, -0.2) is 4.39 Å². The van der Waals surface area contributed by atoms with Crippen molar-refractivity contribution in [3.63, 3.8) is 0 Å². The average molecular weight is 475 g/mol. The summed E-state index contributed by atoms with van der Waals surface area (Å²) in [6.07, 6.45) is 0. The summed E-state index contributed by atoms with van der Waals surface area (Å²) < 4.78 is 18.2. The third kappa shape index (κ3) is 7.52. The molecule has 2 rings (SSSR count). The Kier molecular flexibility index (Phi) is 10.3. The van der Waals surface area contributed by atoms with Gasteiger partial charge in [-0.2, -0.15) is 0 Å². The number of nitrogens with one attached hydrogen (secondary N) is 2. The van der Waals surface area contributed by atoms with Crippen LogP contribution in [0.1, 0.15) is 5.56 Å². The zero-order valence-electron chi connectivity index (χ0n) is 14.3. The lowest BCUT2D eigenvalue weighted by molar-refractivity contribution is 0.409. The van der Waals surface area contributed by atoms with Gasteiger partial charge in [0, 0.05) is 36.3 Å². The number of hydrogen-bond donors (Lipinski definition) is 2. The molecule has 0 aliphatic heterocycles.